The number of amidine groups is 1. The molecule has 1 N–H and O–H groups in total. The Bertz CT molecular complexity index is 1340. The van der Waals surface area contributed by atoms with Crippen LogP contribution in [-0.4, -0.2) is 55.0 Å². The third kappa shape index (κ3) is 7.13. The lowest BCUT2D eigenvalue weighted by atomic mass is 9.88. The van der Waals surface area contributed by atoms with Gasteiger partial charge in [-0.05, 0) is 83.9 Å². The molecule has 0 aliphatic carbocycles. The fourth-order valence-electron chi connectivity index (χ4n) is 5.23. The van der Waals surface area contributed by atoms with Crippen LogP contribution in [0.3, 0.4) is 0 Å². The predicted molar refractivity (Wildman–Crippen MR) is 153 cm³/mol. The number of aliphatic imine (C=N–C) groups is 1. The van der Waals surface area contributed by atoms with Gasteiger partial charge in [-0.15, -0.1) is 0 Å². The summed E-state index contributed by atoms with van der Waals surface area (Å²) in [6.07, 6.45) is 1.67. The maximum atomic E-state index is 14.2. The fraction of sp³-hybridized carbons (Fsp3) is 0.533. The van der Waals surface area contributed by atoms with Crippen LogP contribution >= 0.6 is 0 Å². The molecule has 2 aromatic rings. The SMILES string of the molecule is C[C@H](N=C1NS(=O)(=O)C(Cc2ccc(C3CCN(C(=O)OC(C)(C)C)CC3)cc2)C(C)(C)O1)c1ccccc1F. The van der Waals surface area contributed by atoms with E-state index in [0.29, 0.717) is 24.6 Å². The summed E-state index contributed by atoms with van der Waals surface area (Å²) in [6.45, 7) is 12.0. The van der Waals surface area contributed by atoms with Crippen molar-refractivity contribution in [2.24, 2.45) is 4.99 Å². The number of halogens is 1. The number of amides is 1. The van der Waals surface area contributed by atoms with Crippen LogP contribution in [0.4, 0.5) is 9.18 Å². The number of nitrogens with zero attached hydrogens (tertiary/aromatic N) is 2. The molecule has 0 bridgehead atoms. The molecule has 4 rings (SSSR count). The van der Waals surface area contributed by atoms with E-state index in [-0.39, 0.29) is 18.5 Å². The standard InChI is InChI=1S/C30H40FN3O5S/c1-20(24-9-7-8-10-25(24)31)32-27-33-40(36,37)26(30(5,6)38-27)19-21-11-13-22(14-12-21)23-15-17-34(18-16-23)28(35)39-29(2,3)4/h7-14,20,23,26H,15-19H2,1-6H3,(H,32,33)/t20-,26?/m0/s1. The van der Waals surface area contributed by atoms with Crippen molar-refractivity contribution in [1.29, 1.82) is 0 Å². The molecular formula is C30H40FN3O5S. The van der Waals surface area contributed by atoms with Gasteiger partial charge in [-0.2, -0.15) is 0 Å². The number of hydrogen-bond acceptors (Lipinski definition) is 6. The third-order valence-corrected chi connectivity index (χ3v) is 9.37. The second-order valence-electron chi connectivity index (χ2n) is 12.2. The molecule has 1 amide bonds. The average Bonchev–Trinajstić information content (AvgIpc) is 2.85. The van der Waals surface area contributed by atoms with Gasteiger partial charge in [0.15, 0.2) is 0 Å². The first kappa shape index (κ1) is 29.8. The van der Waals surface area contributed by atoms with Gasteiger partial charge in [0.05, 0.1) is 6.04 Å². The van der Waals surface area contributed by atoms with Gasteiger partial charge in [0, 0.05) is 18.7 Å². The summed E-state index contributed by atoms with van der Waals surface area (Å²) >= 11 is 0. The van der Waals surface area contributed by atoms with Gasteiger partial charge in [0.2, 0.25) is 10.0 Å². The van der Waals surface area contributed by atoms with Crippen LogP contribution in [0.2, 0.25) is 0 Å². The van der Waals surface area contributed by atoms with Gasteiger partial charge in [-0.25, -0.2) is 27.3 Å². The van der Waals surface area contributed by atoms with E-state index in [2.05, 4.69) is 9.71 Å². The number of carbonyl (C=O) groups is 1. The number of carbonyl (C=O) groups excluding carboxylic acids is 1. The molecule has 2 aliphatic rings. The lowest BCUT2D eigenvalue weighted by Crippen LogP contribution is -2.59. The molecule has 10 heteroatoms. The lowest BCUT2D eigenvalue weighted by molar-refractivity contribution is 0.0204. The molecule has 0 radical (unpaired) electrons. The Kier molecular flexibility index (Phi) is 8.49. The number of likely N-dealkylation sites (tertiary alicyclic amines) is 1. The van der Waals surface area contributed by atoms with E-state index in [1.165, 1.54) is 11.6 Å². The zero-order valence-electron chi connectivity index (χ0n) is 24.1. The lowest BCUT2D eigenvalue weighted by Gasteiger charge is -2.39. The van der Waals surface area contributed by atoms with Crippen LogP contribution in [0.5, 0.6) is 0 Å². The van der Waals surface area contributed by atoms with Crippen LogP contribution in [0.1, 0.15) is 83.0 Å². The highest BCUT2D eigenvalue weighted by molar-refractivity contribution is 7.90. The van der Waals surface area contributed by atoms with Gasteiger partial charge < -0.3 is 14.4 Å². The first-order valence-electron chi connectivity index (χ1n) is 13.7. The van der Waals surface area contributed by atoms with Crippen molar-refractivity contribution in [3.8, 4) is 0 Å². The maximum absolute atomic E-state index is 14.2. The van der Waals surface area contributed by atoms with Crippen molar-refractivity contribution in [3.05, 3.63) is 71.0 Å². The number of benzene rings is 2. The number of hydrogen-bond donors (Lipinski definition) is 1. The van der Waals surface area contributed by atoms with Crippen molar-refractivity contribution in [2.45, 2.75) is 89.2 Å². The van der Waals surface area contributed by atoms with E-state index in [4.69, 9.17) is 9.47 Å². The van der Waals surface area contributed by atoms with E-state index in [0.717, 1.165) is 18.4 Å². The largest absolute Gasteiger partial charge is 0.457 e. The average molecular weight is 574 g/mol. The normalized spacial score (nSPS) is 22.7. The van der Waals surface area contributed by atoms with Crippen molar-refractivity contribution in [1.82, 2.24) is 9.62 Å². The molecule has 2 fully saturated rings. The minimum absolute atomic E-state index is 0.134. The number of piperidine rings is 1. The highest BCUT2D eigenvalue weighted by atomic mass is 32.2. The summed E-state index contributed by atoms with van der Waals surface area (Å²) in [7, 11) is -3.82. The zero-order chi connectivity index (χ0) is 29.3. The number of rotatable bonds is 5. The molecule has 0 saturated carbocycles. The predicted octanol–water partition coefficient (Wildman–Crippen LogP) is 5.70. The molecule has 0 aromatic heterocycles. The topological polar surface area (TPSA) is 97.3 Å². The second-order valence-corrected chi connectivity index (χ2v) is 14.0. The Morgan fingerprint density at radius 2 is 1.77 bits per heavy atom. The third-order valence-electron chi connectivity index (χ3n) is 7.42. The molecule has 40 heavy (non-hydrogen) atoms. The first-order valence-corrected chi connectivity index (χ1v) is 15.3. The molecule has 2 saturated heterocycles. The monoisotopic (exact) mass is 573 g/mol. The van der Waals surface area contributed by atoms with Crippen molar-refractivity contribution < 1.29 is 27.1 Å². The molecule has 8 nitrogen and oxygen atoms in total. The number of nitrogens with one attached hydrogen (secondary N) is 1. The maximum Gasteiger partial charge on any atom is 0.410 e. The summed E-state index contributed by atoms with van der Waals surface area (Å²) in [5.74, 6) is -0.0880. The summed E-state index contributed by atoms with van der Waals surface area (Å²) in [5.41, 5.74) is 0.823. The Labute approximate surface area is 237 Å². The van der Waals surface area contributed by atoms with E-state index in [1.807, 2.05) is 45.0 Å². The van der Waals surface area contributed by atoms with Crippen molar-refractivity contribution >= 4 is 22.1 Å². The smallest absolute Gasteiger partial charge is 0.410 e. The highest BCUT2D eigenvalue weighted by Gasteiger charge is 2.47. The van der Waals surface area contributed by atoms with Crippen LogP contribution in [-0.2, 0) is 25.9 Å². The van der Waals surface area contributed by atoms with Gasteiger partial charge in [-0.3, -0.25) is 0 Å². The van der Waals surface area contributed by atoms with E-state index in [9.17, 15) is 17.6 Å². The van der Waals surface area contributed by atoms with Crippen LogP contribution < -0.4 is 4.72 Å². The summed E-state index contributed by atoms with van der Waals surface area (Å²) in [5, 5.41) is -0.856. The minimum Gasteiger partial charge on any atom is -0.457 e. The number of sulfonamides is 1. The minimum atomic E-state index is -3.82. The van der Waals surface area contributed by atoms with E-state index < -0.39 is 38.3 Å². The first-order chi connectivity index (χ1) is 18.6. The van der Waals surface area contributed by atoms with Gasteiger partial charge >= 0.3 is 6.09 Å². The molecule has 1 unspecified atom stereocenters. The zero-order valence-corrected chi connectivity index (χ0v) is 24.9. The van der Waals surface area contributed by atoms with Crippen LogP contribution in [0, 0.1) is 5.82 Å². The summed E-state index contributed by atoms with van der Waals surface area (Å²) in [4.78, 5) is 18.5. The Hall–Kier alpha value is -3.14. The van der Waals surface area contributed by atoms with Crippen LogP contribution in [0.25, 0.3) is 0 Å². The van der Waals surface area contributed by atoms with E-state index >= 15 is 0 Å². The van der Waals surface area contributed by atoms with Gasteiger partial charge in [-0.1, -0.05) is 42.5 Å². The molecule has 2 aromatic carbocycles. The molecular weight excluding hydrogens is 533 g/mol. The Morgan fingerprint density at radius 3 is 2.35 bits per heavy atom. The van der Waals surface area contributed by atoms with Crippen molar-refractivity contribution in [3.63, 3.8) is 0 Å². The Balaban J connectivity index is 1.39. The highest BCUT2D eigenvalue weighted by Crippen LogP contribution is 2.32. The van der Waals surface area contributed by atoms with Crippen LogP contribution in [0.15, 0.2) is 53.5 Å². The van der Waals surface area contributed by atoms with Crippen molar-refractivity contribution in [2.75, 3.05) is 13.1 Å². The number of ether oxygens (including phenoxy) is 2. The summed E-state index contributed by atoms with van der Waals surface area (Å²) < 4.78 is 54.7. The quantitative estimate of drug-likeness (QED) is 0.495. The second kappa shape index (κ2) is 11.4. The Morgan fingerprint density at radius 1 is 1.15 bits per heavy atom. The summed E-state index contributed by atoms with van der Waals surface area (Å²) in [6, 6.07) is 13.5. The van der Waals surface area contributed by atoms with Gasteiger partial charge in [0.1, 0.15) is 22.3 Å². The molecule has 2 aliphatic heterocycles. The van der Waals surface area contributed by atoms with E-state index in [1.54, 1.807) is 43.9 Å². The fourth-order valence-corrected chi connectivity index (χ4v) is 6.92. The molecule has 2 atom stereocenters. The molecule has 2 heterocycles. The van der Waals surface area contributed by atoms with Gasteiger partial charge in [0.25, 0.3) is 6.02 Å². The molecule has 0 spiro atoms. The molecule has 218 valence electrons.